The summed E-state index contributed by atoms with van der Waals surface area (Å²) >= 11 is 0. The summed E-state index contributed by atoms with van der Waals surface area (Å²) < 4.78 is 39.4. The Balaban J connectivity index is 4.93. The smallest absolute Gasteiger partial charge is 0.462 e. The lowest BCUT2D eigenvalue weighted by molar-refractivity contribution is -0.161. The van der Waals surface area contributed by atoms with Crippen LogP contribution in [0, 0.1) is 0 Å². The van der Waals surface area contributed by atoms with Crippen LogP contribution in [0.25, 0.3) is 0 Å². The largest absolute Gasteiger partial charge is 0.472 e. The molecule has 3 unspecified atom stereocenters. The normalized spacial score (nSPS) is 14.5. The second-order valence-corrected chi connectivity index (χ2v) is 19.4. The lowest BCUT2D eigenvalue weighted by Crippen LogP contribution is -2.30. The summed E-state index contributed by atoms with van der Waals surface area (Å²) in [6.07, 6.45) is 73.6. The van der Waals surface area contributed by atoms with Crippen molar-refractivity contribution in [2.75, 3.05) is 26.4 Å². The molecule has 0 aliphatic heterocycles. The van der Waals surface area contributed by atoms with Gasteiger partial charge in [0.25, 0.3) is 0 Å². The SMILES string of the molecule is CC/C=C\C/C=C\C/C=C\C/C=C\C/C=C\CCCCCC(=O)OC(COC(=O)CCCCCC/C=C\C/C=C\C/C=C\C/C=C\CC)COP(=O)(O)OCC(CO)OC(=O)CC/C=C\C/C=C\C/C=C\C/C=C\CC. The lowest BCUT2D eigenvalue weighted by atomic mass is 10.1. The molecule has 12 heteroatoms. The number of hydrogen-bond acceptors (Lipinski definition) is 10. The Bertz CT molecular complexity index is 1880. The summed E-state index contributed by atoms with van der Waals surface area (Å²) in [5.41, 5.74) is 0. The van der Waals surface area contributed by atoms with Crippen molar-refractivity contribution >= 4 is 25.7 Å². The number of allylic oxidation sites excluding steroid dienone is 26. The van der Waals surface area contributed by atoms with Crippen LogP contribution in [0.4, 0.5) is 0 Å². The number of rotatable bonds is 50. The van der Waals surface area contributed by atoms with Gasteiger partial charge in [-0.1, -0.05) is 198 Å². The molecule has 0 fully saturated rings. The van der Waals surface area contributed by atoms with E-state index in [-0.39, 0.29) is 25.9 Å². The van der Waals surface area contributed by atoms with Crippen molar-refractivity contribution in [2.45, 2.75) is 200 Å². The van der Waals surface area contributed by atoms with E-state index < -0.39 is 57.8 Å². The van der Waals surface area contributed by atoms with Crippen LogP contribution in [0.1, 0.15) is 188 Å². The van der Waals surface area contributed by atoms with Gasteiger partial charge in [0.15, 0.2) is 6.10 Å². The first-order chi connectivity index (χ1) is 37.2. The van der Waals surface area contributed by atoms with Crippen molar-refractivity contribution in [3.05, 3.63) is 158 Å². The van der Waals surface area contributed by atoms with Gasteiger partial charge in [-0.05, 0) is 128 Å². The monoisotopic (exact) mass is 1070 g/mol. The fourth-order valence-corrected chi connectivity index (χ4v) is 7.52. The van der Waals surface area contributed by atoms with Crippen molar-refractivity contribution in [2.24, 2.45) is 0 Å². The maximum Gasteiger partial charge on any atom is 0.472 e. The van der Waals surface area contributed by atoms with E-state index >= 15 is 0 Å². The summed E-state index contributed by atoms with van der Waals surface area (Å²) in [6, 6.07) is 0. The first kappa shape index (κ1) is 71.1. The quantitative estimate of drug-likeness (QED) is 0.0197. The van der Waals surface area contributed by atoms with Crippen molar-refractivity contribution in [1.29, 1.82) is 0 Å². The lowest BCUT2D eigenvalue weighted by Gasteiger charge is -2.21. The highest BCUT2D eigenvalue weighted by molar-refractivity contribution is 7.47. The predicted octanol–water partition coefficient (Wildman–Crippen LogP) is 16.9. The molecule has 0 aliphatic rings. The number of unbranched alkanes of at least 4 members (excludes halogenated alkanes) is 7. The summed E-state index contributed by atoms with van der Waals surface area (Å²) in [5.74, 6) is -1.64. The molecule has 3 atom stereocenters. The molecular formula is C64H99O11P. The maximum absolute atomic E-state index is 12.9. The molecule has 11 nitrogen and oxygen atoms in total. The average Bonchev–Trinajstić information content (AvgIpc) is 3.41. The first-order valence-corrected chi connectivity index (χ1v) is 29.9. The number of ether oxygens (including phenoxy) is 3. The van der Waals surface area contributed by atoms with Gasteiger partial charge in [-0.25, -0.2) is 4.57 Å². The van der Waals surface area contributed by atoms with E-state index in [9.17, 15) is 28.9 Å². The summed E-state index contributed by atoms with van der Waals surface area (Å²) in [7, 11) is -4.79. The van der Waals surface area contributed by atoms with Gasteiger partial charge >= 0.3 is 25.7 Å². The number of esters is 3. The molecule has 0 aromatic heterocycles. The zero-order valence-corrected chi connectivity index (χ0v) is 47.8. The number of phosphoric acid groups is 1. The van der Waals surface area contributed by atoms with Gasteiger partial charge in [0.05, 0.1) is 19.8 Å². The maximum atomic E-state index is 12.9. The molecule has 0 bridgehead atoms. The van der Waals surface area contributed by atoms with Crippen LogP contribution in [-0.4, -0.2) is 66.5 Å². The molecule has 0 spiro atoms. The number of carbonyl (C=O) groups is 3. The molecule has 0 radical (unpaired) electrons. The fraction of sp³-hybridized carbons (Fsp3) is 0.547. The van der Waals surface area contributed by atoms with Gasteiger partial charge in [-0.3, -0.25) is 23.4 Å². The molecular weight excluding hydrogens is 976 g/mol. The Hall–Kier alpha value is -4.90. The minimum absolute atomic E-state index is 0.0424. The average molecular weight is 1080 g/mol. The van der Waals surface area contributed by atoms with Gasteiger partial charge < -0.3 is 24.2 Å². The molecule has 0 aliphatic carbocycles. The third-order valence-corrected chi connectivity index (χ3v) is 11.9. The molecule has 0 aromatic carbocycles. The molecule has 76 heavy (non-hydrogen) atoms. The Morgan fingerprint density at radius 2 is 0.671 bits per heavy atom. The minimum atomic E-state index is -4.79. The fourth-order valence-electron chi connectivity index (χ4n) is 6.74. The van der Waals surface area contributed by atoms with Crippen LogP contribution in [0.3, 0.4) is 0 Å². The topological polar surface area (TPSA) is 155 Å². The number of carbonyl (C=O) groups excluding carboxylic acids is 3. The van der Waals surface area contributed by atoms with E-state index in [1.165, 1.54) is 0 Å². The summed E-state index contributed by atoms with van der Waals surface area (Å²) in [6.45, 7) is 4.12. The van der Waals surface area contributed by atoms with Gasteiger partial charge in [-0.2, -0.15) is 0 Å². The standard InChI is InChI=1S/C64H99O11P/c1-4-7-10-13-16-19-22-25-27-29-30-32-34-37-40-43-46-49-52-55-64(68)75-61(57-71-62(66)53-50-47-44-41-38-36-33-31-28-26-23-20-17-14-11-8-5-2)59-73-76(69,70)72-58-60(56-65)74-63(67)54-51-48-45-42-39-35-24-21-18-15-12-9-6-3/h7-12,16-21,25-28,30,32-33,35-37,39-40,45,48,60-61,65H,4-6,13-15,22-24,29,31,34,38,41-44,46-47,49-59H2,1-3H3,(H,69,70)/b10-7-,11-8-,12-9-,19-16-,20-17-,21-18-,27-25-,28-26-,32-30-,36-33-,39-35-,40-37-,48-45-. The first-order valence-electron chi connectivity index (χ1n) is 28.4. The van der Waals surface area contributed by atoms with Crippen LogP contribution < -0.4 is 0 Å². The Labute approximate surface area is 460 Å². The molecule has 0 rings (SSSR count). The number of aliphatic hydroxyl groups is 1. The van der Waals surface area contributed by atoms with Crippen molar-refractivity contribution < 1.29 is 52.2 Å². The molecule has 0 amide bonds. The van der Waals surface area contributed by atoms with Crippen molar-refractivity contribution in [1.82, 2.24) is 0 Å². The molecule has 0 aromatic rings. The highest BCUT2D eigenvalue weighted by Gasteiger charge is 2.28. The number of aliphatic hydroxyl groups excluding tert-OH is 1. The van der Waals surface area contributed by atoms with Crippen molar-refractivity contribution in [3.63, 3.8) is 0 Å². The summed E-state index contributed by atoms with van der Waals surface area (Å²) in [4.78, 5) is 48.5. The highest BCUT2D eigenvalue weighted by atomic mass is 31.2. The van der Waals surface area contributed by atoms with Crippen LogP contribution in [0.15, 0.2) is 158 Å². The second-order valence-electron chi connectivity index (χ2n) is 18.0. The third kappa shape index (κ3) is 53.9. The van der Waals surface area contributed by atoms with Crippen molar-refractivity contribution in [3.8, 4) is 0 Å². The Morgan fingerprint density at radius 1 is 0.368 bits per heavy atom. The van der Waals surface area contributed by atoms with E-state index in [4.69, 9.17) is 23.3 Å². The van der Waals surface area contributed by atoms with Crippen LogP contribution in [-0.2, 0) is 42.2 Å². The Morgan fingerprint density at radius 3 is 1.07 bits per heavy atom. The van der Waals surface area contributed by atoms with E-state index in [2.05, 4.69) is 161 Å². The molecule has 0 saturated carbocycles. The zero-order chi connectivity index (χ0) is 55.5. The minimum Gasteiger partial charge on any atom is -0.462 e. The number of hydrogen-bond donors (Lipinski definition) is 2. The van der Waals surface area contributed by atoms with Gasteiger partial charge in [0.1, 0.15) is 12.7 Å². The van der Waals surface area contributed by atoms with E-state index in [1.54, 1.807) is 0 Å². The van der Waals surface area contributed by atoms with Gasteiger partial charge in [0.2, 0.25) is 0 Å². The Kier molecular flexibility index (Phi) is 52.7. The van der Waals surface area contributed by atoms with Gasteiger partial charge in [0, 0.05) is 19.3 Å². The van der Waals surface area contributed by atoms with Crippen LogP contribution in [0.2, 0.25) is 0 Å². The molecule has 426 valence electrons. The third-order valence-electron chi connectivity index (χ3n) is 10.9. The summed E-state index contributed by atoms with van der Waals surface area (Å²) in [5, 5.41) is 9.79. The van der Waals surface area contributed by atoms with Crippen LogP contribution in [0.5, 0.6) is 0 Å². The van der Waals surface area contributed by atoms with Crippen LogP contribution >= 0.6 is 7.82 Å². The highest BCUT2D eigenvalue weighted by Crippen LogP contribution is 2.43. The van der Waals surface area contributed by atoms with E-state index in [0.29, 0.717) is 19.3 Å². The second kappa shape index (κ2) is 56.3. The predicted molar refractivity (Wildman–Crippen MR) is 315 cm³/mol. The van der Waals surface area contributed by atoms with E-state index in [0.717, 1.165) is 128 Å². The zero-order valence-electron chi connectivity index (χ0n) is 46.9. The molecule has 0 heterocycles. The molecule has 0 saturated heterocycles. The van der Waals surface area contributed by atoms with E-state index in [1.807, 2.05) is 18.2 Å². The van der Waals surface area contributed by atoms with Gasteiger partial charge in [-0.15, -0.1) is 0 Å². The molecule has 2 N–H and O–H groups in total. The number of phosphoric ester groups is 1.